The topological polar surface area (TPSA) is 307 Å². The molecule has 3 heterocycles. The quantitative estimate of drug-likeness (QED) is 0.0199. The van der Waals surface area contributed by atoms with Crippen molar-refractivity contribution in [3.8, 4) is 0 Å². The number of carbonyl (C=O) groups is 1. The molecule has 19 heteroatoms. The minimum absolute atomic E-state index is 0.202. The molecular formula is C85H141NO18. The Hall–Kier alpha value is -4.33. The fourth-order valence-electron chi connectivity index (χ4n) is 12.5. The molecular weight excluding hydrogens is 1320 g/mol. The Morgan fingerprint density at radius 3 is 1.02 bits per heavy atom. The van der Waals surface area contributed by atoms with Gasteiger partial charge in [-0.1, -0.05) is 288 Å². The normalized spacial score (nSPS) is 26.7. The van der Waals surface area contributed by atoms with Gasteiger partial charge in [0.1, 0.15) is 73.2 Å². The minimum Gasteiger partial charge on any atom is -0.394 e. The number of hydrogen-bond donors (Lipinski definition) is 12. The Morgan fingerprint density at radius 1 is 0.356 bits per heavy atom. The van der Waals surface area contributed by atoms with Crippen LogP contribution in [0.5, 0.6) is 0 Å². The number of rotatable bonds is 61. The van der Waals surface area contributed by atoms with Crippen molar-refractivity contribution in [2.45, 2.75) is 356 Å². The molecule has 19 nitrogen and oxygen atoms in total. The van der Waals surface area contributed by atoms with E-state index < -0.39 is 124 Å². The van der Waals surface area contributed by atoms with E-state index in [0.717, 1.165) is 109 Å². The van der Waals surface area contributed by atoms with Crippen LogP contribution in [0.3, 0.4) is 0 Å². The average Bonchev–Trinajstić information content (AvgIpc) is 0.783. The maximum atomic E-state index is 13.5. The van der Waals surface area contributed by atoms with Gasteiger partial charge in [-0.25, -0.2) is 0 Å². The zero-order valence-electron chi connectivity index (χ0n) is 63.4. The summed E-state index contributed by atoms with van der Waals surface area (Å²) in [5.74, 6) is -0.289. The number of nitrogens with one attached hydrogen (secondary N) is 1. The summed E-state index contributed by atoms with van der Waals surface area (Å²) in [6.45, 7) is 1.66. The van der Waals surface area contributed by atoms with Gasteiger partial charge in [-0.2, -0.15) is 0 Å². The van der Waals surface area contributed by atoms with E-state index in [1.165, 1.54) is 103 Å². The summed E-state index contributed by atoms with van der Waals surface area (Å²) >= 11 is 0. The van der Waals surface area contributed by atoms with E-state index >= 15 is 0 Å². The summed E-state index contributed by atoms with van der Waals surface area (Å²) in [6.07, 6.45) is 65.0. The number of allylic oxidation sites excluding steroid dienone is 24. The molecule has 0 aromatic heterocycles. The number of aliphatic hydroxyl groups excluding tert-OH is 11. The third-order valence-corrected chi connectivity index (χ3v) is 18.9. The lowest BCUT2D eigenvalue weighted by Gasteiger charge is -2.48. The first-order chi connectivity index (χ1) is 50.8. The SMILES string of the molecule is CC/C=C\C/C=C\C/C=C\C/C=C\C/C=C\C/C=C\C/C=C\C/C=C\C/C=C\C/C=C\C/C=C\C/C=C\CCCCC(=O)NC(COC1OC(CO)C(OC2OC(CO)C(OC3OC(CO)C(O)C(O)C3O)C(O)C2O)C(O)C1O)C(O)CCCCCCCCCCCCCCCCCCCCCC. The van der Waals surface area contributed by atoms with Crippen LogP contribution in [0.15, 0.2) is 146 Å². The van der Waals surface area contributed by atoms with Gasteiger partial charge < -0.3 is 89.9 Å². The molecule has 17 atom stereocenters. The average molecular weight is 1470 g/mol. The summed E-state index contributed by atoms with van der Waals surface area (Å²) in [6, 6.07) is -0.923. The van der Waals surface area contributed by atoms with E-state index in [1.54, 1.807) is 0 Å². The zero-order valence-corrected chi connectivity index (χ0v) is 63.4. The van der Waals surface area contributed by atoms with Crippen molar-refractivity contribution in [3.63, 3.8) is 0 Å². The molecule has 104 heavy (non-hydrogen) atoms. The van der Waals surface area contributed by atoms with Crippen LogP contribution in [-0.2, 0) is 33.2 Å². The van der Waals surface area contributed by atoms with Crippen LogP contribution >= 0.6 is 0 Å². The fourth-order valence-corrected chi connectivity index (χ4v) is 12.5. The van der Waals surface area contributed by atoms with Crippen molar-refractivity contribution in [2.24, 2.45) is 0 Å². The highest BCUT2D eigenvalue weighted by atomic mass is 16.8. The van der Waals surface area contributed by atoms with E-state index in [4.69, 9.17) is 28.4 Å². The molecule has 594 valence electrons. The molecule has 3 aliphatic rings. The number of ether oxygens (including phenoxy) is 6. The summed E-state index contributed by atoms with van der Waals surface area (Å²) in [7, 11) is 0. The van der Waals surface area contributed by atoms with E-state index in [-0.39, 0.29) is 18.9 Å². The first kappa shape index (κ1) is 93.9. The highest BCUT2D eigenvalue weighted by Gasteiger charge is 2.54. The zero-order chi connectivity index (χ0) is 75.3. The van der Waals surface area contributed by atoms with Crippen molar-refractivity contribution >= 4 is 5.91 Å². The number of carbonyl (C=O) groups excluding carboxylic acids is 1. The minimum atomic E-state index is -1.98. The molecule has 0 spiro atoms. The molecule has 0 aromatic carbocycles. The Kier molecular flexibility index (Phi) is 57.4. The molecule has 12 N–H and O–H groups in total. The third kappa shape index (κ3) is 43.0. The number of aliphatic hydroxyl groups is 11. The van der Waals surface area contributed by atoms with Crippen molar-refractivity contribution in [1.29, 1.82) is 0 Å². The van der Waals surface area contributed by atoms with Crippen LogP contribution in [-0.4, -0.2) is 193 Å². The van der Waals surface area contributed by atoms with Crippen LogP contribution in [0, 0.1) is 0 Å². The maximum Gasteiger partial charge on any atom is 0.220 e. The summed E-state index contributed by atoms with van der Waals surface area (Å²) < 4.78 is 34.5. The predicted octanol–water partition coefficient (Wildman–Crippen LogP) is 13.4. The Bertz CT molecular complexity index is 2450. The number of amides is 1. The van der Waals surface area contributed by atoms with Gasteiger partial charge in [0.15, 0.2) is 18.9 Å². The third-order valence-electron chi connectivity index (χ3n) is 18.9. The van der Waals surface area contributed by atoms with E-state index in [0.29, 0.717) is 19.3 Å². The second-order valence-electron chi connectivity index (χ2n) is 27.8. The van der Waals surface area contributed by atoms with E-state index in [1.807, 2.05) is 0 Å². The van der Waals surface area contributed by atoms with Gasteiger partial charge in [-0.3, -0.25) is 4.79 Å². The molecule has 3 saturated heterocycles. The Morgan fingerprint density at radius 2 is 0.663 bits per heavy atom. The van der Waals surface area contributed by atoms with Crippen LogP contribution in [0.4, 0.5) is 0 Å². The van der Waals surface area contributed by atoms with Crippen LogP contribution in [0.25, 0.3) is 0 Å². The van der Waals surface area contributed by atoms with Crippen molar-refractivity contribution in [1.82, 2.24) is 5.32 Å². The fraction of sp³-hybridized carbons (Fsp3) is 0.706. The summed E-state index contributed by atoms with van der Waals surface area (Å²) in [5, 5.41) is 121. The van der Waals surface area contributed by atoms with Crippen molar-refractivity contribution in [2.75, 3.05) is 26.4 Å². The largest absolute Gasteiger partial charge is 0.394 e. The smallest absolute Gasteiger partial charge is 0.220 e. The first-order valence-electron chi connectivity index (χ1n) is 40.1. The molecule has 1 amide bonds. The highest BCUT2D eigenvalue weighted by Crippen LogP contribution is 2.33. The predicted molar refractivity (Wildman–Crippen MR) is 415 cm³/mol. The molecule has 0 saturated carbocycles. The van der Waals surface area contributed by atoms with Crippen molar-refractivity contribution < 1.29 is 89.4 Å². The molecule has 17 unspecified atom stereocenters. The van der Waals surface area contributed by atoms with Crippen LogP contribution < -0.4 is 5.32 Å². The molecule has 0 radical (unpaired) electrons. The number of unbranched alkanes of at least 4 members (excludes halogenated alkanes) is 21. The molecule has 3 fully saturated rings. The summed E-state index contributed by atoms with van der Waals surface area (Å²) in [5.41, 5.74) is 0. The first-order valence-corrected chi connectivity index (χ1v) is 40.1. The highest BCUT2D eigenvalue weighted by molar-refractivity contribution is 5.76. The lowest BCUT2D eigenvalue weighted by molar-refractivity contribution is -0.379. The van der Waals surface area contributed by atoms with Gasteiger partial charge in [0.05, 0.1) is 38.6 Å². The summed E-state index contributed by atoms with van der Waals surface area (Å²) in [4.78, 5) is 13.5. The standard InChI is InChI=1S/C85H141NO18/c1-3-5-7-9-11-13-15-17-19-21-23-25-26-27-28-29-30-31-32-33-34-35-36-37-38-39-40-41-42-43-45-47-49-51-53-55-57-59-61-63-73(91)86-68(69(90)62-60-58-56-54-52-50-48-46-44-24-22-20-18-16-14-12-10-8-6-4-2)67-99-83-79(97)76(94)81(71(65-88)101-83)104-85-80(98)77(95)82(72(66-89)102-85)103-84-78(96)75(93)74(92)70(64-87)100-84/h5,7,11,13,17,19,23,25,27-28,30-31,33-34,36-37,39-40,42-43,47,49,53,55,68-72,74-85,87-90,92-98H,3-4,6,8-10,12,14-16,18,20-22,24,26,29,32,35,38,41,44-46,48,50-52,54,56-67H2,1-2H3,(H,86,91)/b7-5-,13-11-,19-17-,25-23-,28-27-,31-30-,34-33-,37-36-,40-39-,43-42-,49-47-,55-53-. The van der Waals surface area contributed by atoms with Gasteiger partial charge in [-0.15, -0.1) is 0 Å². The monoisotopic (exact) mass is 1460 g/mol. The van der Waals surface area contributed by atoms with Gasteiger partial charge in [-0.05, 0) is 103 Å². The maximum absolute atomic E-state index is 13.5. The van der Waals surface area contributed by atoms with Gasteiger partial charge >= 0.3 is 0 Å². The molecule has 3 rings (SSSR count). The molecule has 0 aromatic rings. The number of hydrogen-bond acceptors (Lipinski definition) is 18. The van der Waals surface area contributed by atoms with E-state index in [2.05, 4.69) is 165 Å². The lowest BCUT2D eigenvalue weighted by atomic mass is 9.96. The van der Waals surface area contributed by atoms with Gasteiger partial charge in [0.25, 0.3) is 0 Å². The molecule has 3 aliphatic heterocycles. The lowest BCUT2D eigenvalue weighted by Crippen LogP contribution is -2.66. The van der Waals surface area contributed by atoms with E-state index in [9.17, 15) is 61.0 Å². The second-order valence-corrected chi connectivity index (χ2v) is 27.8. The van der Waals surface area contributed by atoms with Crippen LogP contribution in [0.1, 0.15) is 251 Å². The Labute approximate surface area is 625 Å². The van der Waals surface area contributed by atoms with Crippen LogP contribution in [0.2, 0.25) is 0 Å². The Balaban J connectivity index is 1.38. The molecule has 0 bridgehead atoms. The van der Waals surface area contributed by atoms with Crippen molar-refractivity contribution in [3.05, 3.63) is 146 Å². The van der Waals surface area contributed by atoms with Gasteiger partial charge in [0.2, 0.25) is 5.91 Å². The second kappa shape index (κ2) is 63.6. The molecule has 0 aliphatic carbocycles. The van der Waals surface area contributed by atoms with Gasteiger partial charge in [0, 0.05) is 6.42 Å².